The second-order valence-electron chi connectivity index (χ2n) is 10.6. The molecular weight excluding hydrogens is 615 g/mol. The van der Waals surface area contributed by atoms with Gasteiger partial charge < -0.3 is 15.8 Å². The summed E-state index contributed by atoms with van der Waals surface area (Å²) in [5, 5.41) is 22.9. The van der Waals surface area contributed by atoms with E-state index in [2.05, 4.69) is 21.6 Å². The Morgan fingerprint density at radius 3 is 2.76 bits per heavy atom. The average molecular weight is 642 g/mol. The van der Waals surface area contributed by atoms with Crippen LogP contribution in [0.5, 0.6) is 5.75 Å². The van der Waals surface area contributed by atoms with Crippen molar-refractivity contribution in [3.8, 4) is 11.8 Å². The molecule has 1 unspecified atom stereocenters. The molecule has 3 N–H and O–H groups in total. The number of carbonyl (C=O) groups is 2. The van der Waals surface area contributed by atoms with Crippen molar-refractivity contribution in [1.82, 2.24) is 10.2 Å². The van der Waals surface area contributed by atoms with Gasteiger partial charge in [-0.25, -0.2) is 0 Å². The third-order valence-corrected chi connectivity index (χ3v) is 9.53. The number of benzene rings is 2. The smallest absolute Gasteiger partial charge is 0.234 e. The molecule has 0 spiro atoms. The minimum Gasteiger partial charge on any atom is -0.497 e. The molecule has 2 aliphatic rings. The molecule has 1 atom stereocenters. The SMILES string of the molecule is COc1cccc(NC(=O)CSc2nnc(N3C(N)=C(C#N)C(c4ccc(Cl)cc4Cl)C4=C3CC(C)(C)CC4=O)s2)c1. The number of amides is 1. The molecule has 216 valence electrons. The lowest BCUT2D eigenvalue weighted by Crippen LogP contribution is -2.42. The molecule has 1 aliphatic carbocycles. The zero-order chi connectivity index (χ0) is 30.2. The Bertz CT molecular complexity index is 1690. The summed E-state index contributed by atoms with van der Waals surface area (Å²) in [7, 11) is 1.56. The first-order valence-electron chi connectivity index (χ1n) is 12.8. The lowest BCUT2D eigenvalue weighted by molar-refractivity contribution is -0.118. The summed E-state index contributed by atoms with van der Waals surface area (Å²) in [4.78, 5) is 28.0. The molecule has 0 bridgehead atoms. The van der Waals surface area contributed by atoms with Crippen molar-refractivity contribution in [1.29, 1.82) is 5.26 Å². The number of nitrogens with zero attached hydrogens (tertiary/aromatic N) is 4. The number of rotatable bonds is 7. The maximum Gasteiger partial charge on any atom is 0.234 e. The van der Waals surface area contributed by atoms with Gasteiger partial charge in [-0.1, -0.05) is 72.3 Å². The van der Waals surface area contributed by atoms with Crippen LogP contribution in [0.2, 0.25) is 10.0 Å². The molecule has 2 aromatic carbocycles. The first-order chi connectivity index (χ1) is 20.0. The number of thioether (sulfide) groups is 1. The zero-order valence-corrected chi connectivity index (χ0v) is 26.0. The number of hydrogen-bond acceptors (Lipinski definition) is 10. The molecule has 0 fully saturated rings. The van der Waals surface area contributed by atoms with Gasteiger partial charge in [-0.2, -0.15) is 5.26 Å². The standard InChI is InChI=1S/C29H26Cl2N6O3S2/c1-29(2)11-21-25(22(38)12-29)24(18-8-7-15(30)9-20(18)31)19(13-32)26(33)37(21)27-35-36-28(42-27)41-14-23(39)34-16-5-4-6-17(10-16)40-3/h4-10,24H,11-12,14,33H2,1-3H3,(H,34,39). The molecule has 42 heavy (non-hydrogen) atoms. The molecule has 2 heterocycles. The van der Waals surface area contributed by atoms with Gasteiger partial charge in [0.05, 0.1) is 30.4 Å². The predicted molar refractivity (Wildman–Crippen MR) is 166 cm³/mol. The highest BCUT2D eigenvalue weighted by Gasteiger charge is 2.46. The van der Waals surface area contributed by atoms with Gasteiger partial charge in [0.2, 0.25) is 11.0 Å². The number of nitrogens with two attached hydrogens (primary N) is 1. The predicted octanol–water partition coefficient (Wildman–Crippen LogP) is 6.53. The van der Waals surface area contributed by atoms with Gasteiger partial charge in [-0.15, -0.1) is 10.2 Å². The van der Waals surface area contributed by atoms with E-state index in [4.69, 9.17) is 33.7 Å². The Labute approximate surface area is 261 Å². The molecular formula is C29H26Cl2N6O3S2. The molecule has 1 aliphatic heterocycles. The Balaban J connectivity index is 1.46. The summed E-state index contributed by atoms with van der Waals surface area (Å²) >= 11 is 15.2. The summed E-state index contributed by atoms with van der Waals surface area (Å²) in [6.07, 6.45) is 0.819. The Morgan fingerprint density at radius 2 is 2.05 bits per heavy atom. The van der Waals surface area contributed by atoms with Crippen molar-refractivity contribution in [2.45, 2.75) is 36.9 Å². The Hall–Kier alpha value is -3.56. The van der Waals surface area contributed by atoms with Gasteiger partial charge >= 0.3 is 0 Å². The number of anilines is 2. The number of methoxy groups -OCH3 is 1. The van der Waals surface area contributed by atoms with E-state index in [9.17, 15) is 14.9 Å². The van der Waals surface area contributed by atoms with E-state index in [1.54, 1.807) is 54.5 Å². The lowest BCUT2D eigenvalue weighted by Gasteiger charge is -2.42. The van der Waals surface area contributed by atoms with Crippen LogP contribution in [0.4, 0.5) is 10.8 Å². The summed E-state index contributed by atoms with van der Waals surface area (Å²) in [6, 6.07) is 14.3. The van der Waals surface area contributed by atoms with Crippen LogP contribution in [0.3, 0.4) is 0 Å². The van der Waals surface area contributed by atoms with Gasteiger partial charge in [0.1, 0.15) is 11.6 Å². The van der Waals surface area contributed by atoms with E-state index < -0.39 is 5.92 Å². The number of ether oxygens (including phenoxy) is 1. The summed E-state index contributed by atoms with van der Waals surface area (Å²) < 4.78 is 5.73. The van der Waals surface area contributed by atoms with Crippen LogP contribution in [0.25, 0.3) is 0 Å². The van der Waals surface area contributed by atoms with Crippen molar-refractivity contribution in [3.05, 3.63) is 80.7 Å². The zero-order valence-electron chi connectivity index (χ0n) is 22.9. The van der Waals surface area contributed by atoms with Gasteiger partial charge in [0, 0.05) is 39.5 Å². The number of aromatic nitrogens is 2. The van der Waals surface area contributed by atoms with Gasteiger partial charge in [0.15, 0.2) is 10.1 Å². The van der Waals surface area contributed by atoms with Gasteiger partial charge in [-0.3, -0.25) is 14.5 Å². The third kappa shape index (κ3) is 5.99. The number of halogens is 2. The fourth-order valence-electron chi connectivity index (χ4n) is 5.15. The highest BCUT2D eigenvalue weighted by molar-refractivity contribution is 8.01. The van der Waals surface area contributed by atoms with Crippen LogP contribution >= 0.6 is 46.3 Å². The first kappa shape index (κ1) is 29.9. The molecule has 0 saturated carbocycles. The number of hydrogen-bond donors (Lipinski definition) is 2. The van der Waals surface area contributed by atoms with Gasteiger partial charge in [-0.05, 0) is 41.7 Å². The number of allylic oxidation sites excluding steroid dienone is 3. The minimum absolute atomic E-state index is 0.0872. The molecule has 1 amide bonds. The van der Waals surface area contributed by atoms with Crippen LogP contribution in [0.1, 0.15) is 38.2 Å². The fourth-order valence-corrected chi connectivity index (χ4v) is 7.35. The Morgan fingerprint density at radius 1 is 1.26 bits per heavy atom. The van der Waals surface area contributed by atoms with Crippen LogP contribution in [-0.2, 0) is 9.59 Å². The van der Waals surface area contributed by atoms with E-state index in [0.717, 1.165) is 0 Å². The van der Waals surface area contributed by atoms with E-state index in [-0.39, 0.29) is 34.3 Å². The van der Waals surface area contributed by atoms with Gasteiger partial charge in [0.25, 0.3) is 0 Å². The largest absolute Gasteiger partial charge is 0.497 e. The lowest BCUT2D eigenvalue weighted by atomic mass is 9.68. The van der Waals surface area contributed by atoms with E-state index >= 15 is 0 Å². The minimum atomic E-state index is -0.739. The van der Waals surface area contributed by atoms with Crippen molar-refractivity contribution in [3.63, 3.8) is 0 Å². The Kier molecular flexibility index (Phi) is 8.53. The normalized spacial score (nSPS) is 18.0. The number of carbonyl (C=O) groups excluding carboxylic acids is 2. The van der Waals surface area contributed by atoms with Crippen LogP contribution < -0.4 is 20.7 Å². The maximum atomic E-state index is 13.7. The molecule has 0 saturated heterocycles. The van der Waals surface area contributed by atoms with E-state index in [0.29, 0.717) is 60.6 Å². The van der Waals surface area contributed by atoms with E-state index in [1.165, 1.54) is 23.1 Å². The van der Waals surface area contributed by atoms with Crippen molar-refractivity contribution in [2.75, 3.05) is 23.1 Å². The van der Waals surface area contributed by atoms with Crippen molar-refractivity contribution in [2.24, 2.45) is 11.1 Å². The van der Waals surface area contributed by atoms with Crippen molar-refractivity contribution >= 4 is 68.8 Å². The summed E-state index contributed by atoms with van der Waals surface area (Å²) in [6.45, 7) is 4.03. The highest BCUT2D eigenvalue weighted by Crippen LogP contribution is 2.51. The molecule has 0 radical (unpaired) electrons. The first-order valence-corrected chi connectivity index (χ1v) is 15.4. The van der Waals surface area contributed by atoms with Crippen LogP contribution in [0.15, 0.2) is 69.5 Å². The number of ketones is 1. The summed E-state index contributed by atoms with van der Waals surface area (Å²) in [5.74, 6) is -0.163. The topological polar surface area (TPSA) is 134 Å². The average Bonchev–Trinajstić information content (AvgIpc) is 3.39. The third-order valence-electron chi connectivity index (χ3n) is 6.92. The number of Topliss-reactive ketones (excluding diaryl/α,β-unsaturated/α-hetero) is 1. The second-order valence-corrected chi connectivity index (χ2v) is 13.6. The quantitative estimate of drug-likeness (QED) is 0.276. The highest BCUT2D eigenvalue weighted by atomic mass is 35.5. The molecule has 3 aromatic rings. The maximum absolute atomic E-state index is 13.7. The molecule has 5 rings (SSSR count). The number of nitrogens with one attached hydrogen (secondary N) is 1. The monoisotopic (exact) mass is 640 g/mol. The second kappa shape index (κ2) is 12.0. The molecule has 9 nitrogen and oxygen atoms in total. The molecule has 1 aromatic heterocycles. The fraction of sp³-hybridized carbons (Fsp3) is 0.276. The van der Waals surface area contributed by atoms with Crippen molar-refractivity contribution < 1.29 is 14.3 Å². The van der Waals surface area contributed by atoms with E-state index in [1.807, 2.05) is 13.8 Å². The number of nitriles is 1. The summed E-state index contributed by atoms with van der Waals surface area (Å²) in [5.41, 5.74) is 8.84. The van der Waals surface area contributed by atoms with Crippen LogP contribution in [0, 0.1) is 16.7 Å². The molecule has 13 heteroatoms. The van der Waals surface area contributed by atoms with Crippen LogP contribution in [-0.4, -0.2) is 34.8 Å².